The molecule has 2 amide bonds. The SMILES string of the molecule is COc1ccc(NC(C)=O)cc1NC(=O)Cn1cc(C(C)=O)c2ccccc21. The maximum atomic E-state index is 12.6. The predicted molar refractivity (Wildman–Crippen MR) is 108 cm³/mol. The third kappa shape index (κ3) is 4.03. The number of fused-ring (bicyclic) bond motifs is 1. The molecule has 0 saturated carbocycles. The molecule has 0 saturated heterocycles. The van der Waals surface area contributed by atoms with Gasteiger partial charge in [-0.05, 0) is 31.2 Å². The van der Waals surface area contributed by atoms with E-state index in [0.29, 0.717) is 22.7 Å². The summed E-state index contributed by atoms with van der Waals surface area (Å²) in [4.78, 5) is 35.8. The van der Waals surface area contributed by atoms with Gasteiger partial charge in [-0.25, -0.2) is 0 Å². The number of hydrogen-bond acceptors (Lipinski definition) is 4. The molecule has 144 valence electrons. The van der Waals surface area contributed by atoms with Crippen LogP contribution in [-0.2, 0) is 16.1 Å². The van der Waals surface area contributed by atoms with Crippen molar-refractivity contribution in [3.63, 3.8) is 0 Å². The summed E-state index contributed by atoms with van der Waals surface area (Å²) in [5, 5.41) is 6.29. The van der Waals surface area contributed by atoms with Crippen LogP contribution in [0, 0.1) is 0 Å². The maximum Gasteiger partial charge on any atom is 0.244 e. The van der Waals surface area contributed by atoms with Gasteiger partial charge < -0.3 is 19.9 Å². The van der Waals surface area contributed by atoms with E-state index in [1.807, 2.05) is 24.3 Å². The van der Waals surface area contributed by atoms with Crippen LogP contribution in [0.5, 0.6) is 5.75 Å². The summed E-state index contributed by atoms with van der Waals surface area (Å²) in [6, 6.07) is 12.4. The number of nitrogens with one attached hydrogen (secondary N) is 2. The van der Waals surface area contributed by atoms with E-state index in [0.717, 1.165) is 10.9 Å². The zero-order valence-corrected chi connectivity index (χ0v) is 15.9. The molecule has 7 heteroatoms. The van der Waals surface area contributed by atoms with Crippen LogP contribution >= 0.6 is 0 Å². The number of amides is 2. The molecular formula is C21H21N3O4. The lowest BCUT2D eigenvalue weighted by Gasteiger charge is -2.13. The van der Waals surface area contributed by atoms with Gasteiger partial charge in [-0.2, -0.15) is 0 Å². The van der Waals surface area contributed by atoms with Crippen molar-refractivity contribution in [1.82, 2.24) is 4.57 Å². The minimum absolute atomic E-state index is 0.0291. The Morgan fingerprint density at radius 3 is 2.46 bits per heavy atom. The van der Waals surface area contributed by atoms with Crippen LogP contribution in [0.4, 0.5) is 11.4 Å². The molecule has 0 atom stereocenters. The molecule has 1 heterocycles. The number of benzene rings is 2. The van der Waals surface area contributed by atoms with Gasteiger partial charge in [-0.15, -0.1) is 0 Å². The average Bonchev–Trinajstić information content (AvgIpc) is 3.00. The topological polar surface area (TPSA) is 89.4 Å². The molecule has 0 fully saturated rings. The molecular weight excluding hydrogens is 358 g/mol. The van der Waals surface area contributed by atoms with Gasteiger partial charge in [0.25, 0.3) is 0 Å². The number of carbonyl (C=O) groups is 3. The molecule has 0 radical (unpaired) electrons. The number of methoxy groups -OCH3 is 1. The fraction of sp³-hybridized carbons (Fsp3) is 0.190. The molecule has 28 heavy (non-hydrogen) atoms. The Labute approximate surface area is 162 Å². The average molecular weight is 379 g/mol. The summed E-state index contributed by atoms with van der Waals surface area (Å²) < 4.78 is 7.02. The van der Waals surface area contributed by atoms with Crippen molar-refractivity contribution in [2.75, 3.05) is 17.7 Å². The van der Waals surface area contributed by atoms with Crippen molar-refractivity contribution in [3.8, 4) is 5.75 Å². The molecule has 2 aromatic carbocycles. The summed E-state index contributed by atoms with van der Waals surface area (Å²) in [7, 11) is 1.50. The van der Waals surface area contributed by atoms with E-state index >= 15 is 0 Å². The quantitative estimate of drug-likeness (QED) is 0.642. The Morgan fingerprint density at radius 1 is 1.04 bits per heavy atom. The zero-order chi connectivity index (χ0) is 20.3. The number of para-hydroxylation sites is 1. The van der Waals surface area contributed by atoms with Crippen molar-refractivity contribution in [1.29, 1.82) is 0 Å². The van der Waals surface area contributed by atoms with Gasteiger partial charge in [-0.1, -0.05) is 18.2 Å². The number of ketones is 1. The van der Waals surface area contributed by atoms with Crippen molar-refractivity contribution in [2.45, 2.75) is 20.4 Å². The first-order valence-electron chi connectivity index (χ1n) is 8.73. The second-order valence-corrected chi connectivity index (χ2v) is 6.39. The third-order valence-corrected chi connectivity index (χ3v) is 4.28. The van der Waals surface area contributed by atoms with Crippen LogP contribution in [0.15, 0.2) is 48.7 Å². The summed E-state index contributed by atoms with van der Waals surface area (Å²) in [6.45, 7) is 2.94. The molecule has 1 aromatic heterocycles. The van der Waals surface area contributed by atoms with Crippen LogP contribution in [0.25, 0.3) is 10.9 Å². The summed E-state index contributed by atoms with van der Waals surface area (Å²) in [6.07, 6.45) is 1.69. The predicted octanol–water partition coefficient (Wildman–Crippen LogP) is 3.45. The van der Waals surface area contributed by atoms with E-state index in [9.17, 15) is 14.4 Å². The van der Waals surface area contributed by atoms with Gasteiger partial charge in [0.2, 0.25) is 11.8 Å². The van der Waals surface area contributed by atoms with E-state index in [1.54, 1.807) is 29.0 Å². The lowest BCUT2D eigenvalue weighted by Crippen LogP contribution is -2.19. The third-order valence-electron chi connectivity index (χ3n) is 4.28. The highest BCUT2D eigenvalue weighted by atomic mass is 16.5. The Hall–Kier alpha value is -3.61. The van der Waals surface area contributed by atoms with Gasteiger partial charge in [0.1, 0.15) is 12.3 Å². The molecule has 0 unspecified atom stereocenters. The number of hydrogen-bond donors (Lipinski definition) is 2. The van der Waals surface area contributed by atoms with Crippen molar-refractivity contribution in [2.24, 2.45) is 0 Å². The number of nitrogens with zero attached hydrogens (tertiary/aromatic N) is 1. The van der Waals surface area contributed by atoms with Crippen LogP contribution in [0.1, 0.15) is 24.2 Å². The lowest BCUT2D eigenvalue weighted by atomic mass is 10.1. The fourth-order valence-corrected chi connectivity index (χ4v) is 3.09. The van der Waals surface area contributed by atoms with E-state index in [1.165, 1.54) is 21.0 Å². The highest BCUT2D eigenvalue weighted by Crippen LogP contribution is 2.28. The van der Waals surface area contributed by atoms with Crippen LogP contribution in [-0.4, -0.2) is 29.3 Å². The Kier molecular flexibility index (Phi) is 5.44. The molecule has 0 aliphatic rings. The molecule has 3 rings (SSSR count). The van der Waals surface area contributed by atoms with Gasteiger partial charge >= 0.3 is 0 Å². The smallest absolute Gasteiger partial charge is 0.244 e. The number of anilines is 2. The standard InChI is InChI=1S/C21H21N3O4/c1-13(25)17-11-24(19-7-5-4-6-16(17)19)12-21(27)23-18-10-15(22-14(2)26)8-9-20(18)28-3/h4-11H,12H2,1-3H3,(H,22,26)(H,23,27). The van der Waals surface area contributed by atoms with Crippen molar-refractivity contribution < 1.29 is 19.1 Å². The number of aromatic nitrogens is 1. The van der Waals surface area contributed by atoms with Crippen LogP contribution in [0.2, 0.25) is 0 Å². The van der Waals surface area contributed by atoms with Crippen molar-refractivity contribution >= 4 is 39.9 Å². The minimum Gasteiger partial charge on any atom is -0.495 e. The maximum absolute atomic E-state index is 12.6. The molecule has 0 bridgehead atoms. The molecule has 7 nitrogen and oxygen atoms in total. The zero-order valence-electron chi connectivity index (χ0n) is 15.9. The molecule has 0 spiro atoms. The highest BCUT2D eigenvalue weighted by Gasteiger charge is 2.15. The van der Waals surface area contributed by atoms with E-state index < -0.39 is 0 Å². The highest BCUT2D eigenvalue weighted by molar-refractivity contribution is 6.07. The number of carbonyl (C=O) groups excluding carboxylic acids is 3. The first-order chi connectivity index (χ1) is 13.4. The Balaban J connectivity index is 1.86. The Morgan fingerprint density at radius 2 is 1.79 bits per heavy atom. The van der Waals surface area contributed by atoms with Crippen LogP contribution in [0.3, 0.4) is 0 Å². The summed E-state index contributed by atoms with van der Waals surface area (Å²) in [5.41, 5.74) is 2.38. The van der Waals surface area contributed by atoms with Gasteiger partial charge in [-0.3, -0.25) is 14.4 Å². The molecule has 3 aromatic rings. The van der Waals surface area contributed by atoms with Crippen molar-refractivity contribution in [3.05, 3.63) is 54.2 Å². The second-order valence-electron chi connectivity index (χ2n) is 6.39. The van der Waals surface area contributed by atoms with E-state index in [2.05, 4.69) is 10.6 Å². The van der Waals surface area contributed by atoms with E-state index in [4.69, 9.17) is 4.74 Å². The second kappa shape index (κ2) is 7.96. The number of ether oxygens (including phenoxy) is 1. The number of Topliss-reactive ketones (excluding diaryl/α,β-unsaturated/α-hetero) is 1. The van der Waals surface area contributed by atoms with Gasteiger partial charge in [0, 0.05) is 35.3 Å². The summed E-state index contributed by atoms with van der Waals surface area (Å²) in [5.74, 6) is -0.0728. The Bertz CT molecular complexity index is 1070. The summed E-state index contributed by atoms with van der Waals surface area (Å²) >= 11 is 0. The monoisotopic (exact) mass is 379 g/mol. The molecule has 0 aliphatic carbocycles. The molecule has 0 aliphatic heterocycles. The number of rotatable bonds is 6. The lowest BCUT2D eigenvalue weighted by molar-refractivity contribution is -0.116. The van der Waals surface area contributed by atoms with E-state index in [-0.39, 0.29) is 24.1 Å². The van der Waals surface area contributed by atoms with Crippen LogP contribution < -0.4 is 15.4 Å². The fourth-order valence-electron chi connectivity index (χ4n) is 3.09. The normalized spacial score (nSPS) is 10.5. The van der Waals surface area contributed by atoms with Gasteiger partial charge in [0.15, 0.2) is 5.78 Å². The largest absolute Gasteiger partial charge is 0.495 e. The van der Waals surface area contributed by atoms with Gasteiger partial charge in [0.05, 0.1) is 12.8 Å². The first kappa shape index (κ1) is 19.2. The molecule has 2 N–H and O–H groups in total. The minimum atomic E-state index is -0.283. The first-order valence-corrected chi connectivity index (χ1v) is 8.73.